The first-order chi connectivity index (χ1) is 68.0. The van der Waals surface area contributed by atoms with Crippen LogP contribution in [-0.4, -0.2) is 215 Å². The Labute approximate surface area is 819 Å². The summed E-state index contributed by atoms with van der Waals surface area (Å²) in [6, 6.07) is 58.0. The van der Waals surface area contributed by atoms with Crippen molar-refractivity contribution in [1.82, 2.24) is 82.7 Å². The van der Waals surface area contributed by atoms with E-state index in [4.69, 9.17) is 9.84 Å². The summed E-state index contributed by atoms with van der Waals surface area (Å²) >= 11 is 0. The summed E-state index contributed by atoms with van der Waals surface area (Å²) in [5, 5.41) is 62.9. The van der Waals surface area contributed by atoms with Gasteiger partial charge in [0.1, 0.15) is 23.1 Å². The summed E-state index contributed by atoms with van der Waals surface area (Å²) in [5.41, 5.74) is 22.0. The van der Waals surface area contributed by atoms with Gasteiger partial charge in [0.2, 0.25) is 0 Å². The molecule has 12 N–H and O–H groups in total. The number of benzene rings is 9. The van der Waals surface area contributed by atoms with E-state index in [-0.39, 0.29) is 78.3 Å². The van der Waals surface area contributed by atoms with E-state index in [9.17, 15) is 39.6 Å². The normalized spacial score (nSPS) is 18.6. The molecule has 4 fully saturated rings. The molecule has 141 heavy (non-hydrogen) atoms. The van der Waals surface area contributed by atoms with Crippen molar-refractivity contribution in [3.8, 4) is 34.2 Å². The summed E-state index contributed by atoms with van der Waals surface area (Å²) in [4.78, 5) is 97.8. The Balaban J connectivity index is 0.000000130. The minimum absolute atomic E-state index is 0.0131. The van der Waals surface area contributed by atoms with Gasteiger partial charge in [-0.2, -0.15) is 0 Å². The lowest BCUT2D eigenvalue weighted by Crippen LogP contribution is -2.41. The number of aromatic nitrogens is 13. The zero-order chi connectivity index (χ0) is 98.6. The lowest BCUT2D eigenvalue weighted by molar-refractivity contribution is 0.0319. The van der Waals surface area contributed by atoms with Crippen LogP contribution in [0.25, 0.3) is 55.7 Å². The van der Waals surface area contributed by atoms with Crippen molar-refractivity contribution in [2.45, 2.75) is 152 Å². The summed E-state index contributed by atoms with van der Waals surface area (Å²) in [7, 11) is 0. The van der Waals surface area contributed by atoms with Crippen LogP contribution in [0.5, 0.6) is 11.5 Å². The van der Waals surface area contributed by atoms with Crippen LogP contribution in [0.3, 0.4) is 0 Å². The van der Waals surface area contributed by atoms with E-state index in [0.29, 0.717) is 51.6 Å². The van der Waals surface area contributed by atoms with Gasteiger partial charge in [0.15, 0.2) is 0 Å². The zero-order valence-corrected chi connectivity index (χ0v) is 81.4. The van der Waals surface area contributed by atoms with Crippen molar-refractivity contribution in [3.63, 3.8) is 0 Å². The number of piperidine rings is 4. The Morgan fingerprint density at radius 1 is 0.390 bits per heavy atom. The number of aliphatic hydroxyl groups is 5. The second kappa shape index (κ2) is 44.4. The van der Waals surface area contributed by atoms with Gasteiger partial charge in [-0.25, -0.2) is 29.9 Å². The maximum Gasteiger partial charge on any atom is 0.255 e. The van der Waals surface area contributed by atoms with Gasteiger partial charge in [0, 0.05) is 189 Å². The molecule has 4 amide bonds. The quantitative estimate of drug-likeness (QED) is 0.0267. The standard InChI is InChI=1S/C31H34N4O3.C27H32N6O3.C26H30N6O2.C26H29N5O2/c1-21-9-10-25(15-30(21)38-28-7-5-4-6-8-28)31(37)33-26-13-24(19-34-12-11-29(36)22(2)17-34)14-27(16-26)35-18-23(3)32-20-35;1-17-13-32(7-5-25(17)35)15-19-9-21(12-22(10-19)33-14-18(2)28-16-33)29-27(36)20-3-4-23-24(11-20)31-26(30-23)6-8-34;1-16-12-31(7-6-25(16)33)14-19-8-21(11-22(9-19)32-13-17(2)27-15-32)30-26(34)20-4-5-23-24(10-20)29-18(3)28-23;1-17-13-30(8-6-25(17)32)15-19-9-22(12-23(10-19)31-14-18(2)28-16-31)29-26(33)21-4-3-20-5-7-27-24(20)11-21/h4-10,13-16,18,20,22,29,36H,11-12,17,19H2,1-3H3,(H,33,37);3-4,9-12,14,16-17,25,34-35H,5-8,13,15H2,1-2H3,(H,29,36)(H,30,31);4-5,8-11,13,15-16,25,33H,6-7,12,14H2,1-3H3,(H,28,29)(H,30,34);3-5,7,9-12,14,16-17,25,27,32H,6,8,13,15H2,1-2H3,(H,29,33). The number of carbonyl (C=O) groups is 4. The number of aryl methyl sites for hydroxylation is 6. The number of nitrogens with zero attached hydrogens (tertiary/aromatic N) is 14. The van der Waals surface area contributed by atoms with E-state index in [0.717, 1.165) is 233 Å². The van der Waals surface area contributed by atoms with Crippen molar-refractivity contribution in [2.24, 2.45) is 23.7 Å². The Kier molecular flexibility index (Phi) is 30.9. The molecule has 4 saturated heterocycles. The maximum atomic E-state index is 13.3. The van der Waals surface area contributed by atoms with Crippen LogP contribution < -0.4 is 26.0 Å². The average molecular weight is 1900 g/mol. The number of anilines is 4. The van der Waals surface area contributed by atoms with Crippen LogP contribution in [0.4, 0.5) is 22.7 Å². The van der Waals surface area contributed by atoms with Gasteiger partial charge in [0.05, 0.1) is 101 Å². The second-order valence-electron chi connectivity index (χ2n) is 38.5. The molecule has 7 aromatic heterocycles. The van der Waals surface area contributed by atoms with E-state index < -0.39 is 0 Å². The lowest BCUT2D eigenvalue weighted by atomic mass is 9.96. The third-order valence-corrected chi connectivity index (χ3v) is 26.6. The Morgan fingerprint density at radius 2 is 0.738 bits per heavy atom. The number of likely N-dealkylation sites (tertiary alicyclic amines) is 4. The van der Waals surface area contributed by atoms with Gasteiger partial charge in [-0.15, -0.1) is 0 Å². The first-order valence-corrected chi connectivity index (χ1v) is 48.4. The average Bonchev–Trinajstić information content (AvgIpc) is 1.49. The van der Waals surface area contributed by atoms with Crippen molar-refractivity contribution in [1.29, 1.82) is 0 Å². The molecule has 4 aliphatic heterocycles. The highest BCUT2D eigenvalue weighted by Gasteiger charge is 2.30. The number of aliphatic hydroxyl groups excluding tert-OH is 5. The number of carbonyl (C=O) groups excluding carboxylic acids is 4. The highest BCUT2D eigenvalue weighted by molar-refractivity contribution is 6.08. The highest BCUT2D eigenvalue weighted by Crippen LogP contribution is 2.34. The molecule has 11 heterocycles. The number of para-hydroxylation sites is 1. The zero-order valence-electron chi connectivity index (χ0n) is 81.4. The molecular formula is C110H125N21O10. The molecule has 4 aliphatic rings. The Morgan fingerprint density at radius 3 is 1.10 bits per heavy atom. The van der Waals surface area contributed by atoms with E-state index in [1.807, 2.05) is 224 Å². The molecule has 9 aromatic carbocycles. The Hall–Kier alpha value is -14.4. The minimum atomic E-state index is -0.247. The van der Waals surface area contributed by atoms with Gasteiger partial charge in [-0.1, -0.05) is 58.0 Å². The number of nitrogens with one attached hydrogen (secondary N) is 7. The molecule has 730 valence electrons. The van der Waals surface area contributed by atoms with E-state index >= 15 is 0 Å². The van der Waals surface area contributed by atoms with E-state index in [2.05, 4.69) is 138 Å². The van der Waals surface area contributed by atoms with Crippen LogP contribution in [-0.2, 0) is 32.6 Å². The number of hydrogen-bond donors (Lipinski definition) is 12. The fourth-order valence-electron chi connectivity index (χ4n) is 18.9. The van der Waals surface area contributed by atoms with Crippen LogP contribution >= 0.6 is 0 Å². The molecule has 8 atom stereocenters. The number of imidazole rings is 6. The third kappa shape index (κ3) is 25.5. The monoisotopic (exact) mass is 1900 g/mol. The lowest BCUT2D eigenvalue weighted by Gasteiger charge is -2.34. The molecule has 0 aliphatic carbocycles. The molecule has 20 rings (SSSR count). The van der Waals surface area contributed by atoms with Crippen molar-refractivity contribution < 1.29 is 49.4 Å². The number of rotatable bonds is 24. The smallest absolute Gasteiger partial charge is 0.255 e. The molecule has 0 radical (unpaired) electrons. The number of H-pyrrole nitrogens is 3. The largest absolute Gasteiger partial charge is 0.457 e. The number of amides is 4. The predicted molar refractivity (Wildman–Crippen MR) is 549 cm³/mol. The van der Waals surface area contributed by atoms with E-state index in [1.165, 1.54) is 0 Å². The summed E-state index contributed by atoms with van der Waals surface area (Å²) in [5.74, 6) is 3.10. The minimum Gasteiger partial charge on any atom is -0.457 e. The molecule has 0 bridgehead atoms. The van der Waals surface area contributed by atoms with E-state index in [1.54, 1.807) is 49.6 Å². The molecule has 8 unspecified atom stereocenters. The van der Waals surface area contributed by atoms with Gasteiger partial charge in [0.25, 0.3) is 23.6 Å². The maximum absolute atomic E-state index is 13.3. The van der Waals surface area contributed by atoms with Crippen molar-refractivity contribution >= 4 is 79.3 Å². The van der Waals surface area contributed by atoms with Gasteiger partial charge < -0.3 is 84.8 Å². The number of hydrogen-bond acceptors (Lipinski definition) is 20. The van der Waals surface area contributed by atoms with Crippen LogP contribution in [0.15, 0.2) is 238 Å². The molecule has 0 spiro atoms. The molecular weight excluding hydrogens is 1780 g/mol. The number of fused-ring (bicyclic) bond motifs is 3. The van der Waals surface area contributed by atoms with Crippen LogP contribution in [0, 0.1) is 65.2 Å². The van der Waals surface area contributed by atoms with Gasteiger partial charge in [-0.3, -0.25) is 38.8 Å². The fourth-order valence-corrected chi connectivity index (χ4v) is 18.9. The first kappa shape index (κ1) is 98.2. The van der Waals surface area contributed by atoms with Crippen LogP contribution in [0.1, 0.15) is 157 Å². The van der Waals surface area contributed by atoms with Crippen LogP contribution in [0.2, 0.25) is 0 Å². The summed E-state index contributed by atoms with van der Waals surface area (Å²) in [6.07, 6.45) is 19.5. The molecule has 31 nitrogen and oxygen atoms in total. The number of ether oxygens (including phenoxy) is 1. The summed E-state index contributed by atoms with van der Waals surface area (Å²) < 4.78 is 13.9. The Bertz CT molecular complexity index is 7090. The van der Waals surface area contributed by atoms with Crippen molar-refractivity contribution in [3.05, 3.63) is 323 Å². The second-order valence-corrected chi connectivity index (χ2v) is 38.5. The molecule has 16 aromatic rings. The predicted octanol–water partition coefficient (Wildman–Crippen LogP) is 16.7. The SMILES string of the molecule is Cc1cn(-c2cc(CN3CCC(O)C(C)C3)cc(NC(=O)c3ccc(C)c(Oc4ccccc4)c3)c2)cn1.Cc1cn(-c2cc(CN3CCC(O)C(C)C3)cc(NC(=O)c3ccc4cc[nH]c4c3)c2)cn1.Cc1cn(-c2cc(CN3CCC(O)C(C)C3)cc(NC(=O)c3ccc4nc(C)[nH]c4c3)c2)cn1.Cc1cn(-c2cc(CN3CCC(O)C(C)C3)cc(NC(=O)c3ccc4nc(CCO)[nH]c4c3)c2)cn1. The van der Waals surface area contributed by atoms with Gasteiger partial charge in [-0.05, 0) is 276 Å². The number of aromatic amines is 3. The van der Waals surface area contributed by atoms with Crippen molar-refractivity contribution in [2.75, 3.05) is 80.2 Å². The topological polar surface area (TPSA) is 384 Å². The highest BCUT2D eigenvalue weighted by atomic mass is 16.5. The molecule has 0 saturated carbocycles. The fraction of sp³-hybridized carbons (Fsp3) is 0.327. The molecule has 31 heteroatoms. The first-order valence-electron chi connectivity index (χ1n) is 48.4. The summed E-state index contributed by atoms with van der Waals surface area (Å²) in [6.45, 7) is 29.8. The third-order valence-electron chi connectivity index (χ3n) is 26.6. The van der Waals surface area contributed by atoms with Gasteiger partial charge >= 0.3 is 0 Å².